The summed E-state index contributed by atoms with van der Waals surface area (Å²) in [5.41, 5.74) is 0. The number of ether oxygens (including phenoxy) is 3. The molecule has 0 fully saturated rings. The summed E-state index contributed by atoms with van der Waals surface area (Å²) in [6, 6.07) is 0. The Kier molecular flexibility index (Phi) is 22.1. The zero-order valence-electron chi connectivity index (χ0n) is 8.80. The number of hydrogen-bond acceptors (Lipinski definition) is 7. The lowest BCUT2D eigenvalue weighted by Gasteiger charge is -2.04. The quantitative estimate of drug-likeness (QED) is 0.261. The van der Waals surface area contributed by atoms with Gasteiger partial charge in [0.25, 0.3) is 0 Å². The maximum Gasteiger partial charge on any atom is 0.0701 e. The van der Waals surface area contributed by atoms with Crippen LogP contribution < -0.4 is 5.90 Å². The monoisotopic (exact) mass is 227 g/mol. The molecule has 0 atom stereocenters. The molecule has 0 radical (unpaired) electrons. The highest BCUT2D eigenvalue weighted by Gasteiger charge is 1.89. The Hall–Kier alpha value is -0.280. The first kappa shape index (κ1) is 17.1. The van der Waals surface area contributed by atoms with Crippen molar-refractivity contribution in [3.63, 3.8) is 0 Å². The third-order valence-electron chi connectivity index (χ3n) is 1.22. The van der Waals surface area contributed by atoms with Crippen LogP contribution in [0, 0.1) is 0 Å². The predicted molar refractivity (Wildman–Crippen MR) is 52.6 cm³/mol. The lowest BCUT2D eigenvalue weighted by molar-refractivity contribution is 0.00230. The molecule has 0 aliphatic rings. The molecule has 0 heterocycles. The molecular formula is C8H21NO6. The smallest absolute Gasteiger partial charge is 0.0701 e. The Labute approximate surface area is 89.3 Å². The van der Waals surface area contributed by atoms with E-state index in [0.29, 0.717) is 39.6 Å². The van der Waals surface area contributed by atoms with Crippen LogP contribution in [0.4, 0.5) is 0 Å². The summed E-state index contributed by atoms with van der Waals surface area (Å²) >= 11 is 0. The molecule has 0 aromatic rings. The molecule has 7 nitrogen and oxygen atoms in total. The molecule has 0 aromatic heterocycles. The van der Waals surface area contributed by atoms with Gasteiger partial charge in [0.2, 0.25) is 0 Å². The topological polar surface area (TPSA) is 114 Å². The molecule has 5 N–H and O–H groups in total. The second-order valence-electron chi connectivity index (χ2n) is 2.28. The molecule has 15 heavy (non-hydrogen) atoms. The van der Waals surface area contributed by atoms with Crippen molar-refractivity contribution in [3.05, 3.63) is 0 Å². The lowest BCUT2D eigenvalue weighted by Crippen LogP contribution is -2.11. The highest BCUT2D eigenvalue weighted by atomic mass is 16.5. The zero-order valence-corrected chi connectivity index (χ0v) is 8.80. The maximum atomic E-state index is 8.36. The average molecular weight is 227 g/mol. The van der Waals surface area contributed by atoms with Gasteiger partial charge in [0.05, 0.1) is 52.9 Å². The predicted octanol–water partition coefficient (Wildman–Crippen LogP) is -1.64. The van der Waals surface area contributed by atoms with Crippen LogP contribution in [-0.4, -0.2) is 68.3 Å². The summed E-state index contributed by atoms with van der Waals surface area (Å²) in [4.78, 5) is 0. The molecule has 0 spiro atoms. The van der Waals surface area contributed by atoms with Gasteiger partial charge in [-0.05, 0) is 0 Å². The van der Waals surface area contributed by atoms with E-state index in [4.69, 9.17) is 29.6 Å². The first-order chi connectivity index (χ1) is 7.41. The Bertz CT molecular complexity index is 85.2. The van der Waals surface area contributed by atoms with Crippen LogP contribution in [0.3, 0.4) is 0 Å². The molecule has 0 saturated carbocycles. The van der Waals surface area contributed by atoms with Crippen molar-refractivity contribution < 1.29 is 29.6 Å². The van der Waals surface area contributed by atoms with Crippen LogP contribution in [0.1, 0.15) is 0 Å². The number of aliphatic hydroxyl groups excluding tert-OH is 2. The van der Waals surface area contributed by atoms with E-state index >= 15 is 0 Å². The summed E-state index contributed by atoms with van der Waals surface area (Å²) in [6.45, 7) is 2.76. The van der Waals surface area contributed by atoms with Crippen LogP contribution in [0.25, 0.3) is 0 Å². The van der Waals surface area contributed by atoms with Crippen molar-refractivity contribution in [3.8, 4) is 0 Å². The van der Waals surface area contributed by atoms with Crippen LogP contribution in [0.2, 0.25) is 0 Å². The van der Waals surface area contributed by atoms with Crippen molar-refractivity contribution in [2.24, 2.45) is 5.90 Å². The highest BCUT2D eigenvalue weighted by Crippen LogP contribution is 1.80. The van der Waals surface area contributed by atoms with Gasteiger partial charge in [-0.15, -0.1) is 0 Å². The van der Waals surface area contributed by atoms with Crippen molar-refractivity contribution in [2.75, 3.05) is 52.9 Å². The fourth-order valence-electron chi connectivity index (χ4n) is 0.671. The van der Waals surface area contributed by atoms with Gasteiger partial charge >= 0.3 is 0 Å². The third-order valence-corrected chi connectivity index (χ3v) is 1.22. The Morgan fingerprint density at radius 1 is 0.600 bits per heavy atom. The highest BCUT2D eigenvalue weighted by molar-refractivity contribution is 4.33. The minimum absolute atomic E-state index is 0.0413. The minimum Gasteiger partial charge on any atom is -0.394 e. The standard InChI is InChI=1S/C8H18O5.H3NO/c9-1-3-11-5-7-13-8-6-12-4-2-10;1-2/h9-10H,1-8H2;2H,1H2. The molecular weight excluding hydrogens is 206 g/mol. The van der Waals surface area contributed by atoms with Crippen molar-refractivity contribution in [1.29, 1.82) is 0 Å². The van der Waals surface area contributed by atoms with Gasteiger partial charge < -0.3 is 29.6 Å². The fourth-order valence-corrected chi connectivity index (χ4v) is 0.671. The van der Waals surface area contributed by atoms with E-state index < -0.39 is 0 Å². The van der Waals surface area contributed by atoms with Crippen LogP contribution in [0.5, 0.6) is 0 Å². The largest absolute Gasteiger partial charge is 0.394 e. The van der Waals surface area contributed by atoms with Crippen molar-refractivity contribution in [2.45, 2.75) is 0 Å². The van der Waals surface area contributed by atoms with Gasteiger partial charge in [0, 0.05) is 0 Å². The molecule has 0 bridgehead atoms. The van der Waals surface area contributed by atoms with Gasteiger partial charge in [-0.3, -0.25) is 0 Å². The summed E-state index contributed by atoms with van der Waals surface area (Å²) in [6.07, 6.45) is 0. The van der Waals surface area contributed by atoms with Gasteiger partial charge in [0.15, 0.2) is 0 Å². The van der Waals surface area contributed by atoms with Gasteiger partial charge in [-0.1, -0.05) is 0 Å². The van der Waals surface area contributed by atoms with E-state index in [2.05, 4.69) is 5.90 Å². The van der Waals surface area contributed by atoms with Gasteiger partial charge in [0.1, 0.15) is 0 Å². The molecule has 0 aromatic carbocycles. The average Bonchev–Trinajstić information content (AvgIpc) is 2.30. The molecule has 0 saturated heterocycles. The first-order valence-electron chi connectivity index (χ1n) is 4.62. The first-order valence-corrected chi connectivity index (χ1v) is 4.62. The van der Waals surface area contributed by atoms with E-state index in [0.717, 1.165) is 0 Å². The Morgan fingerprint density at radius 2 is 0.867 bits per heavy atom. The van der Waals surface area contributed by atoms with E-state index in [9.17, 15) is 0 Å². The molecule has 0 rings (SSSR count). The second kappa shape index (κ2) is 19.3. The molecule has 7 heteroatoms. The lowest BCUT2D eigenvalue weighted by atomic mass is 10.7. The summed E-state index contributed by atoms with van der Waals surface area (Å²) in [5, 5.41) is 23.2. The third kappa shape index (κ3) is 19.9. The number of hydrogen-bond donors (Lipinski definition) is 4. The molecule has 94 valence electrons. The number of rotatable bonds is 10. The SMILES string of the molecule is NO.OCCOCCOCCOCCO. The van der Waals surface area contributed by atoms with Crippen molar-refractivity contribution >= 4 is 0 Å². The van der Waals surface area contributed by atoms with Crippen LogP contribution in [-0.2, 0) is 14.2 Å². The molecule has 0 amide bonds. The number of nitrogens with two attached hydrogens (primary N) is 1. The normalized spacial score (nSPS) is 9.60. The van der Waals surface area contributed by atoms with E-state index in [1.807, 2.05) is 0 Å². The van der Waals surface area contributed by atoms with Crippen LogP contribution >= 0.6 is 0 Å². The number of aliphatic hydroxyl groups is 2. The summed E-state index contributed by atoms with van der Waals surface area (Å²) in [5.74, 6) is 3.50. The fraction of sp³-hybridized carbons (Fsp3) is 1.00. The Balaban J connectivity index is 0. The second-order valence-corrected chi connectivity index (χ2v) is 2.28. The molecule has 0 aliphatic carbocycles. The van der Waals surface area contributed by atoms with E-state index in [1.165, 1.54) is 0 Å². The van der Waals surface area contributed by atoms with Gasteiger partial charge in [-0.2, -0.15) is 0 Å². The summed E-state index contributed by atoms with van der Waals surface area (Å²) < 4.78 is 15.0. The van der Waals surface area contributed by atoms with Crippen molar-refractivity contribution in [1.82, 2.24) is 0 Å². The van der Waals surface area contributed by atoms with Crippen LogP contribution in [0.15, 0.2) is 0 Å². The minimum atomic E-state index is 0.0413. The Morgan fingerprint density at radius 3 is 1.13 bits per heavy atom. The summed E-state index contributed by atoms with van der Waals surface area (Å²) in [7, 11) is 0. The molecule has 0 aliphatic heterocycles. The van der Waals surface area contributed by atoms with Gasteiger partial charge in [-0.25, -0.2) is 5.90 Å². The zero-order chi connectivity index (χ0) is 11.8. The van der Waals surface area contributed by atoms with E-state index in [-0.39, 0.29) is 13.2 Å². The maximum absolute atomic E-state index is 8.36. The van der Waals surface area contributed by atoms with E-state index in [1.54, 1.807) is 0 Å². The molecule has 0 unspecified atom stereocenters.